The summed E-state index contributed by atoms with van der Waals surface area (Å²) >= 11 is 4.83. The first-order chi connectivity index (χ1) is 8.97. The molecule has 0 radical (unpaired) electrons. The van der Waals surface area contributed by atoms with E-state index in [4.69, 9.17) is 5.73 Å². The first-order valence-electron chi connectivity index (χ1n) is 5.76. The van der Waals surface area contributed by atoms with E-state index >= 15 is 0 Å². The molecule has 1 unspecified atom stereocenters. The quantitative estimate of drug-likeness (QED) is 0.899. The number of aryl methyl sites for hydroxylation is 1. The Kier molecular flexibility index (Phi) is 4.34. The van der Waals surface area contributed by atoms with Crippen molar-refractivity contribution in [3.05, 3.63) is 44.3 Å². The topological polar surface area (TPSA) is 68.0 Å². The zero-order valence-electron chi connectivity index (χ0n) is 10.6. The Bertz CT molecular complexity index is 610. The fourth-order valence-electron chi connectivity index (χ4n) is 1.47. The van der Waals surface area contributed by atoms with Gasteiger partial charge in [0.05, 0.1) is 6.04 Å². The molecule has 0 saturated heterocycles. The molecule has 1 aromatic carbocycles. The molecule has 0 aliphatic rings. The number of halogens is 1. The lowest BCUT2D eigenvalue weighted by Gasteiger charge is -2.05. The van der Waals surface area contributed by atoms with Gasteiger partial charge in [0.2, 0.25) is 0 Å². The van der Waals surface area contributed by atoms with Gasteiger partial charge in [0.1, 0.15) is 10.7 Å². The lowest BCUT2D eigenvalue weighted by Crippen LogP contribution is -2.13. The van der Waals surface area contributed by atoms with Crippen molar-refractivity contribution in [3.63, 3.8) is 0 Å². The number of anilines is 1. The number of nitrogens with one attached hydrogen (secondary N) is 1. The summed E-state index contributed by atoms with van der Waals surface area (Å²) in [6.45, 7) is 3.84. The summed E-state index contributed by atoms with van der Waals surface area (Å²) in [4.78, 5) is 16.2. The summed E-state index contributed by atoms with van der Waals surface area (Å²) in [5, 5.41) is 5.29. The van der Waals surface area contributed by atoms with E-state index in [2.05, 4.69) is 26.2 Å². The zero-order chi connectivity index (χ0) is 14.0. The molecule has 4 nitrogen and oxygen atoms in total. The van der Waals surface area contributed by atoms with Crippen LogP contribution in [0.15, 0.2) is 28.1 Å². The minimum absolute atomic E-state index is 0.153. The number of hydrogen-bond donors (Lipinski definition) is 2. The van der Waals surface area contributed by atoms with Gasteiger partial charge >= 0.3 is 0 Å². The van der Waals surface area contributed by atoms with Crippen molar-refractivity contribution in [1.82, 2.24) is 4.98 Å². The van der Waals surface area contributed by atoms with E-state index in [-0.39, 0.29) is 11.9 Å². The number of carbonyl (C=O) groups excluding carboxylic acids is 1. The summed E-state index contributed by atoms with van der Waals surface area (Å²) in [5.74, 6) is -0.223. The van der Waals surface area contributed by atoms with Crippen molar-refractivity contribution in [1.29, 1.82) is 0 Å². The van der Waals surface area contributed by atoms with E-state index in [0.29, 0.717) is 5.69 Å². The van der Waals surface area contributed by atoms with Gasteiger partial charge in [-0.25, -0.2) is 4.98 Å². The maximum Gasteiger partial charge on any atom is 0.275 e. The highest BCUT2D eigenvalue weighted by Gasteiger charge is 2.13. The Morgan fingerprint density at radius 1 is 1.53 bits per heavy atom. The van der Waals surface area contributed by atoms with E-state index in [0.717, 1.165) is 20.7 Å². The molecule has 0 aliphatic carbocycles. The van der Waals surface area contributed by atoms with Crippen molar-refractivity contribution in [2.75, 3.05) is 5.32 Å². The van der Waals surface area contributed by atoms with Crippen LogP contribution in [0.4, 0.5) is 5.69 Å². The van der Waals surface area contributed by atoms with E-state index in [1.165, 1.54) is 11.3 Å². The average Bonchev–Trinajstić information content (AvgIpc) is 2.83. The Morgan fingerprint density at radius 3 is 2.84 bits per heavy atom. The molecule has 1 heterocycles. The van der Waals surface area contributed by atoms with Gasteiger partial charge in [-0.15, -0.1) is 11.3 Å². The summed E-state index contributed by atoms with van der Waals surface area (Å²) in [5.41, 5.74) is 7.97. The van der Waals surface area contributed by atoms with Crippen LogP contribution in [0, 0.1) is 6.92 Å². The second-order valence-electron chi connectivity index (χ2n) is 4.28. The van der Waals surface area contributed by atoms with Gasteiger partial charge in [-0.1, -0.05) is 22.0 Å². The average molecular weight is 340 g/mol. The monoisotopic (exact) mass is 339 g/mol. The smallest absolute Gasteiger partial charge is 0.275 e. The molecule has 2 aromatic rings. The van der Waals surface area contributed by atoms with Crippen molar-refractivity contribution in [2.45, 2.75) is 19.9 Å². The fourth-order valence-corrected chi connectivity index (χ4v) is 2.60. The normalized spacial score (nSPS) is 12.2. The lowest BCUT2D eigenvalue weighted by atomic mass is 10.2. The van der Waals surface area contributed by atoms with Gasteiger partial charge in [-0.3, -0.25) is 4.79 Å². The third kappa shape index (κ3) is 3.40. The third-order valence-corrected chi connectivity index (χ3v) is 4.47. The van der Waals surface area contributed by atoms with E-state index in [1.54, 1.807) is 5.38 Å². The van der Waals surface area contributed by atoms with Gasteiger partial charge in [0.15, 0.2) is 0 Å². The number of aromatic nitrogens is 1. The Balaban J connectivity index is 2.13. The molecule has 19 heavy (non-hydrogen) atoms. The minimum Gasteiger partial charge on any atom is -0.322 e. The van der Waals surface area contributed by atoms with Crippen LogP contribution < -0.4 is 11.1 Å². The number of carbonyl (C=O) groups is 1. The van der Waals surface area contributed by atoms with Gasteiger partial charge in [-0.2, -0.15) is 0 Å². The number of thiazole rings is 1. The summed E-state index contributed by atoms with van der Waals surface area (Å²) in [6.07, 6.45) is 0. The minimum atomic E-state index is -0.223. The number of benzene rings is 1. The molecular formula is C13H14BrN3OS. The van der Waals surface area contributed by atoms with Crippen LogP contribution in [-0.2, 0) is 0 Å². The van der Waals surface area contributed by atoms with Crippen LogP contribution in [0.25, 0.3) is 0 Å². The molecule has 6 heteroatoms. The molecule has 0 bridgehead atoms. The van der Waals surface area contributed by atoms with Crippen molar-refractivity contribution < 1.29 is 4.79 Å². The second-order valence-corrected chi connectivity index (χ2v) is 6.02. The second kappa shape index (κ2) is 5.81. The largest absolute Gasteiger partial charge is 0.322 e. The van der Waals surface area contributed by atoms with E-state index in [9.17, 15) is 4.79 Å². The van der Waals surface area contributed by atoms with E-state index < -0.39 is 0 Å². The predicted molar refractivity (Wildman–Crippen MR) is 81.5 cm³/mol. The molecular weight excluding hydrogens is 326 g/mol. The molecule has 0 aliphatic heterocycles. The van der Waals surface area contributed by atoms with Crippen LogP contribution in [-0.4, -0.2) is 10.9 Å². The number of nitrogens with two attached hydrogens (primary N) is 1. The summed E-state index contributed by atoms with van der Waals surface area (Å²) in [7, 11) is 0. The molecule has 3 N–H and O–H groups in total. The number of amides is 1. The number of hydrogen-bond acceptors (Lipinski definition) is 4. The third-order valence-electron chi connectivity index (χ3n) is 2.57. The molecule has 0 saturated carbocycles. The van der Waals surface area contributed by atoms with Crippen LogP contribution in [0.3, 0.4) is 0 Å². The Hall–Kier alpha value is -1.24. The highest BCUT2D eigenvalue weighted by Crippen LogP contribution is 2.22. The van der Waals surface area contributed by atoms with Crippen LogP contribution in [0.1, 0.15) is 34.0 Å². The summed E-state index contributed by atoms with van der Waals surface area (Å²) < 4.78 is 0.958. The van der Waals surface area contributed by atoms with Crippen molar-refractivity contribution in [2.24, 2.45) is 5.73 Å². The Labute approximate surface area is 124 Å². The zero-order valence-corrected chi connectivity index (χ0v) is 13.0. The maximum atomic E-state index is 12.0. The van der Waals surface area contributed by atoms with Gasteiger partial charge in [0.25, 0.3) is 5.91 Å². The first kappa shape index (κ1) is 14.2. The maximum absolute atomic E-state index is 12.0. The molecule has 0 fully saturated rings. The molecule has 2 rings (SSSR count). The molecule has 1 atom stereocenters. The summed E-state index contributed by atoms with van der Waals surface area (Å²) in [6, 6.07) is 5.51. The van der Waals surface area contributed by atoms with E-state index in [1.807, 2.05) is 32.0 Å². The number of rotatable bonds is 3. The lowest BCUT2D eigenvalue weighted by molar-refractivity contribution is 0.102. The molecule has 1 amide bonds. The fraction of sp³-hybridized carbons (Fsp3) is 0.231. The molecule has 0 spiro atoms. The van der Waals surface area contributed by atoms with Crippen LogP contribution in [0.5, 0.6) is 0 Å². The first-order valence-corrected chi connectivity index (χ1v) is 7.43. The standard InChI is InChI=1S/C13H14BrN3OS/c1-7-3-4-9(5-10(7)14)16-12(18)11-6-19-13(17-11)8(2)15/h3-6,8H,15H2,1-2H3,(H,16,18). The van der Waals surface area contributed by atoms with Gasteiger partial charge < -0.3 is 11.1 Å². The predicted octanol–water partition coefficient (Wildman–Crippen LogP) is 3.49. The van der Waals surface area contributed by atoms with Crippen molar-refractivity contribution in [3.8, 4) is 0 Å². The highest BCUT2D eigenvalue weighted by atomic mass is 79.9. The Morgan fingerprint density at radius 2 is 2.26 bits per heavy atom. The van der Waals surface area contributed by atoms with Gasteiger partial charge in [0, 0.05) is 15.5 Å². The van der Waals surface area contributed by atoms with Crippen LogP contribution in [0.2, 0.25) is 0 Å². The van der Waals surface area contributed by atoms with Crippen LogP contribution >= 0.6 is 27.3 Å². The van der Waals surface area contributed by atoms with Crippen molar-refractivity contribution >= 4 is 38.9 Å². The molecule has 1 aromatic heterocycles. The van der Waals surface area contributed by atoms with Gasteiger partial charge in [-0.05, 0) is 31.5 Å². The SMILES string of the molecule is Cc1ccc(NC(=O)c2csc(C(C)N)n2)cc1Br. The molecule has 100 valence electrons. The highest BCUT2D eigenvalue weighted by molar-refractivity contribution is 9.10. The number of nitrogens with zero attached hydrogens (tertiary/aromatic N) is 1.